The van der Waals surface area contributed by atoms with Crippen molar-refractivity contribution in [1.82, 2.24) is 0 Å². The lowest BCUT2D eigenvalue weighted by Gasteiger charge is -2.08. The first kappa shape index (κ1) is 14.2. The van der Waals surface area contributed by atoms with Crippen LogP contribution < -0.4 is 0 Å². The number of carbonyl (C=O) groups excluding carboxylic acids is 1. The molecule has 0 fully saturated rings. The average Bonchev–Trinajstić information content (AvgIpc) is 2.40. The fourth-order valence-electron chi connectivity index (χ4n) is 2.01. The van der Waals surface area contributed by atoms with Gasteiger partial charge in [-0.3, -0.25) is 4.79 Å². The molecule has 0 spiro atoms. The topological polar surface area (TPSA) is 37.3 Å². The number of Topliss-reactive ketones (excluding diaryl/α,β-unsaturated/α-hetero) is 1. The first-order valence-electron chi connectivity index (χ1n) is 6.34. The van der Waals surface area contributed by atoms with Crippen molar-refractivity contribution < 1.29 is 18.7 Å². The van der Waals surface area contributed by atoms with Gasteiger partial charge in [0.25, 0.3) is 0 Å². The molecule has 0 bridgehead atoms. The van der Waals surface area contributed by atoms with Gasteiger partial charge >= 0.3 is 0 Å². The Hall–Kier alpha value is -2.23. The highest BCUT2D eigenvalue weighted by Gasteiger charge is 2.13. The molecular formula is C16H14F2O2. The molecule has 0 saturated carbocycles. The highest BCUT2D eigenvalue weighted by molar-refractivity contribution is 5.99. The van der Waals surface area contributed by atoms with E-state index in [9.17, 15) is 18.7 Å². The lowest BCUT2D eigenvalue weighted by atomic mass is 9.98. The molecule has 2 nitrogen and oxygen atoms in total. The molecule has 0 aliphatic heterocycles. The van der Waals surface area contributed by atoms with Crippen LogP contribution in [0.1, 0.15) is 30.1 Å². The fourth-order valence-corrected chi connectivity index (χ4v) is 2.01. The number of carbonyl (C=O) groups is 1. The maximum Gasteiger partial charge on any atom is 0.166 e. The van der Waals surface area contributed by atoms with Crippen LogP contribution in [0.5, 0.6) is 5.75 Å². The van der Waals surface area contributed by atoms with Crippen molar-refractivity contribution in [2.75, 3.05) is 0 Å². The Morgan fingerprint density at radius 2 is 1.90 bits per heavy atom. The summed E-state index contributed by atoms with van der Waals surface area (Å²) in [5, 5.41) is 9.72. The van der Waals surface area contributed by atoms with E-state index in [1.165, 1.54) is 24.3 Å². The third-order valence-corrected chi connectivity index (χ3v) is 3.02. The molecule has 2 aromatic rings. The van der Waals surface area contributed by atoms with Gasteiger partial charge in [0.1, 0.15) is 17.4 Å². The van der Waals surface area contributed by atoms with Gasteiger partial charge in [-0.2, -0.15) is 0 Å². The summed E-state index contributed by atoms with van der Waals surface area (Å²) in [6.45, 7) is 1.86. The third kappa shape index (κ3) is 2.85. The maximum absolute atomic E-state index is 13.7. The Balaban J connectivity index is 2.48. The van der Waals surface area contributed by atoms with E-state index in [1.807, 2.05) is 6.92 Å². The zero-order valence-corrected chi connectivity index (χ0v) is 11.0. The lowest BCUT2D eigenvalue weighted by Crippen LogP contribution is -1.99. The highest BCUT2D eigenvalue weighted by atomic mass is 19.1. The van der Waals surface area contributed by atoms with E-state index in [1.54, 1.807) is 0 Å². The van der Waals surface area contributed by atoms with Gasteiger partial charge in [-0.1, -0.05) is 13.0 Å². The van der Waals surface area contributed by atoms with Crippen molar-refractivity contribution in [3.05, 3.63) is 53.6 Å². The average molecular weight is 276 g/mol. The van der Waals surface area contributed by atoms with Crippen LogP contribution in [0.3, 0.4) is 0 Å². The number of phenols is 1. The summed E-state index contributed by atoms with van der Waals surface area (Å²) in [5.41, 5.74) is 0.782. The summed E-state index contributed by atoms with van der Waals surface area (Å²) in [6.07, 6.45) is 0.969. The number of aromatic hydroxyl groups is 1. The minimum absolute atomic E-state index is 0.130. The van der Waals surface area contributed by atoms with Gasteiger partial charge in [-0.15, -0.1) is 0 Å². The van der Waals surface area contributed by atoms with Crippen LogP contribution in [0.25, 0.3) is 11.1 Å². The Morgan fingerprint density at radius 3 is 2.55 bits per heavy atom. The Morgan fingerprint density at radius 1 is 1.15 bits per heavy atom. The molecule has 0 unspecified atom stereocenters. The minimum atomic E-state index is -0.704. The summed E-state index contributed by atoms with van der Waals surface area (Å²) in [7, 11) is 0. The second-order valence-electron chi connectivity index (χ2n) is 4.53. The summed E-state index contributed by atoms with van der Waals surface area (Å²) in [4.78, 5) is 11.9. The second-order valence-corrected chi connectivity index (χ2v) is 4.53. The molecule has 0 saturated heterocycles. The number of hydrogen-bond acceptors (Lipinski definition) is 2. The molecule has 0 heterocycles. The molecule has 0 atom stereocenters. The molecule has 0 aromatic heterocycles. The summed E-state index contributed by atoms with van der Waals surface area (Å²) < 4.78 is 26.6. The number of rotatable bonds is 4. The predicted octanol–water partition coefficient (Wildman–Crippen LogP) is 4.32. The zero-order valence-electron chi connectivity index (χ0n) is 11.0. The first-order valence-corrected chi connectivity index (χ1v) is 6.34. The molecule has 20 heavy (non-hydrogen) atoms. The highest BCUT2D eigenvalue weighted by Crippen LogP contribution is 2.29. The fraction of sp³-hybridized carbons (Fsp3) is 0.188. The molecule has 0 aliphatic carbocycles. The Kier molecular flexibility index (Phi) is 4.13. The number of ketones is 1. The van der Waals surface area contributed by atoms with Crippen LogP contribution in [0.2, 0.25) is 0 Å². The number of benzene rings is 2. The molecular weight excluding hydrogens is 262 g/mol. The molecule has 0 aliphatic rings. The standard InChI is InChI=1S/C16H14F2O2/c1-2-3-15(19)13-8-10(4-7-16(13)20)12-6-5-11(17)9-14(12)18/h4-9,20H,2-3H2,1H3. The van der Waals surface area contributed by atoms with Crippen LogP contribution in [-0.2, 0) is 0 Å². The zero-order chi connectivity index (χ0) is 14.7. The molecule has 2 aromatic carbocycles. The number of halogens is 2. The minimum Gasteiger partial charge on any atom is -0.507 e. The Labute approximate surface area is 115 Å². The molecule has 1 N–H and O–H groups in total. The van der Waals surface area contributed by atoms with Gasteiger partial charge in [0.15, 0.2) is 5.78 Å². The van der Waals surface area contributed by atoms with E-state index < -0.39 is 11.6 Å². The second kappa shape index (κ2) is 5.82. The van der Waals surface area contributed by atoms with Gasteiger partial charge < -0.3 is 5.11 Å². The monoisotopic (exact) mass is 276 g/mol. The SMILES string of the molecule is CCCC(=O)c1cc(-c2ccc(F)cc2F)ccc1O. The third-order valence-electron chi connectivity index (χ3n) is 3.02. The van der Waals surface area contributed by atoms with E-state index >= 15 is 0 Å². The van der Waals surface area contributed by atoms with Gasteiger partial charge in [-0.05, 0) is 36.2 Å². The smallest absolute Gasteiger partial charge is 0.166 e. The lowest BCUT2D eigenvalue weighted by molar-refractivity contribution is 0.0979. The van der Waals surface area contributed by atoms with Gasteiger partial charge in [-0.25, -0.2) is 8.78 Å². The van der Waals surface area contributed by atoms with E-state index in [4.69, 9.17) is 0 Å². The molecule has 0 radical (unpaired) electrons. The van der Waals surface area contributed by atoms with Gasteiger partial charge in [0, 0.05) is 18.1 Å². The van der Waals surface area contributed by atoms with Crippen molar-refractivity contribution in [1.29, 1.82) is 0 Å². The quantitative estimate of drug-likeness (QED) is 0.844. The van der Waals surface area contributed by atoms with Crippen molar-refractivity contribution in [2.24, 2.45) is 0 Å². The molecule has 104 valence electrons. The maximum atomic E-state index is 13.7. The van der Waals surface area contributed by atoms with Crippen molar-refractivity contribution >= 4 is 5.78 Å². The Bertz CT molecular complexity index is 651. The van der Waals surface area contributed by atoms with Crippen molar-refractivity contribution in [3.63, 3.8) is 0 Å². The number of phenolic OH excluding ortho intramolecular Hbond substituents is 1. The molecule has 0 amide bonds. The van der Waals surface area contributed by atoms with Crippen molar-refractivity contribution in [3.8, 4) is 16.9 Å². The molecule has 4 heteroatoms. The van der Waals surface area contributed by atoms with Gasteiger partial charge in [0.05, 0.1) is 5.56 Å². The summed E-state index contributed by atoms with van der Waals surface area (Å²) in [5.74, 6) is -1.69. The van der Waals surface area contributed by atoms with Crippen molar-refractivity contribution in [2.45, 2.75) is 19.8 Å². The summed E-state index contributed by atoms with van der Waals surface area (Å²) >= 11 is 0. The van der Waals surface area contributed by atoms with Crippen LogP contribution in [0.4, 0.5) is 8.78 Å². The van der Waals surface area contributed by atoms with E-state index in [0.717, 1.165) is 12.1 Å². The first-order chi connectivity index (χ1) is 9.52. The van der Waals surface area contributed by atoms with Crippen LogP contribution >= 0.6 is 0 Å². The van der Waals surface area contributed by atoms with Crippen LogP contribution in [0.15, 0.2) is 36.4 Å². The van der Waals surface area contributed by atoms with E-state index in [0.29, 0.717) is 18.4 Å². The van der Waals surface area contributed by atoms with E-state index in [-0.39, 0.29) is 22.7 Å². The van der Waals surface area contributed by atoms with E-state index in [2.05, 4.69) is 0 Å². The van der Waals surface area contributed by atoms with Crippen LogP contribution in [-0.4, -0.2) is 10.9 Å². The summed E-state index contributed by atoms with van der Waals surface area (Å²) in [6, 6.07) is 7.53. The number of hydrogen-bond donors (Lipinski definition) is 1. The van der Waals surface area contributed by atoms with Gasteiger partial charge in [0.2, 0.25) is 0 Å². The molecule has 2 rings (SSSR count). The normalized spacial score (nSPS) is 10.6. The predicted molar refractivity (Wildman–Crippen MR) is 72.7 cm³/mol. The van der Waals surface area contributed by atoms with Crippen LogP contribution in [0, 0.1) is 11.6 Å². The largest absolute Gasteiger partial charge is 0.507 e.